The van der Waals surface area contributed by atoms with Crippen LogP contribution < -0.4 is 15.0 Å². The molecule has 3 N–H and O–H groups in total. The maximum Gasteiger partial charge on any atom is 0.246 e. The number of aryl methyl sites for hydroxylation is 1. The van der Waals surface area contributed by atoms with E-state index in [1.165, 1.54) is 27.7 Å². The number of imidazole rings is 1. The Bertz CT molecular complexity index is 1880. The Morgan fingerprint density at radius 3 is 2.48 bits per heavy atom. The first-order chi connectivity index (χ1) is 21.0. The number of benzene rings is 2. The third kappa shape index (κ3) is 6.40. The van der Waals surface area contributed by atoms with Gasteiger partial charge in [0, 0.05) is 42.0 Å². The summed E-state index contributed by atoms with van der Waals surface area (Å²) < 4.78 is 10.00. The number of carbonyl (C=O) groups excluding carboxylic acids is 2. The average molecular weight is 699 g/mol. The van der Waals surface area contributed by atoms with Crippen LogP contribution in [0.1, 0.15) is 16.8 Å². The number of halogens is 3. The normalized spacial score (nSPS) is 11.3. The van der Waals surface area contributed by atoms with Crippen molar-refractivity contribution in [2.24, 2.45) is 0 Å². The molecule has 2 amide bonds. The number of hydrogen-bond donors (Lipinski definition) is 3. The monoisotopic (exact) mass is 697 g/mol. The molecule has 2 aromatic carbocycles. The van der Waals surface area contributed by atoms with Crippen LogP contribution in [0.2, 0.25) is 10.0 Å². The van der Waals surface area contributed by atoms with Crippen molar-refractivity contribution in [1.29, 1.82) is 0 Å². The predicted octanol–water partition coefficient (Wildman–Crippen LogP) is 6.29. The smallest absolute Gasteiger partial charge is 0.246 e. The van der Waals surface area contributed by atoms with E-state index in [1.54, 1.807) is 55.6 Å². The Hall–Kier alpha value is -4.45. The van der Waals surface area contributed by atoms with Gasteiger partial charge >= 0.3 is 0 Å². The lowest BCUT2D eigenvalue weighted by atomic mass is 10.2. The summed E-state index contributed by atoms with van der Waals surface area (Å²) in [5, 5.41) is 22.9. The molecule has 3 aromatic heterocycles. The maximum absolute atomic E-state index is 12.9. The van der Waals surface area contributed by atoms with Gasteiger partial charge in [0.2, 0.25) is 11.8 Å². The number of aromatic hydroxyl groups is 2. The van der Waals surface area contributed by atoms with Gasteiger partial charge in [-0.25, -0.2) is 4.98 Å². The van der Waals surface area contributed by atoms with Crippen molar-refractivity contribution in [1.82, 2.24) is 19.3 Å². The zero-order valence-electron chi connectivity index (χ0n) is 23.5. The Balaban J connectivity index is 1.20. The minimum Gasteiger partial charge on any atom is -0.494 e. The summed E-state index contributed by atoms with van der Waals surface area (Å²) in [4.78, 5) is 31.2. The fourth-order valence-electron chi connectivity index (χ4n) is 4.43. The second-order valence-corrected chi connectivity index (χ2v) is 11.2. The standard InChI is InChI=1S/C31H26BrCl2N5O5/c1-18-30(32)38-15-3-4-24(31(38)36-18)44-17-21-22(33)10-11-23(29(21)34)37(2)28(43)16-35-25(40)12-7-19-5-8-20(9-6-19)39-26(41)13-14-27(39)42/h3-15,41-42H,16-17H2,1-2H3,(H,35,40). The highest BCUT2D eigenvalue weighted by molar-refractivity contribution is 9.10. The molecule has 0 unspecified atom stereocenters. The van der Waals surface area contributed by atoms with E-state index in [2.05, 4.69) is 26.2 Å². The van der Waals surface area contributed by atoms with Gasteiger partial charge in [-0.15, -0.1) is 0 Å². The molecular formula is C31H26BrCl2N5O5. The highest BCUT2D eigenvalue weighted by atomic mass is 79.9. The van der Waals surface area contributed by atoms with Crippen molar-refractivity contribution in [2.75, 3.05) is 18.5 Å². The molecule has 44 heavy (non-hydrogen) atoms. The van der Waals surface area contributed by atoms with Crippen LogP contribution >= 0.6 is 39.1 Å². The number of likely N-dealkylation sites (N-methyl/N-ethyl adjacent to an activating group) is 1. The van der Waals surface area contributed by atoms with Gasteiger partial charge in [-0.05, 0) is 70.9 Å². The van der Waals surface area contributed by atoms with E-state index < -0.39 is 11.8 Å². The molecule has 5 rings (SSSR count). The van der Waals surface area contributed by atoms with Gasteiger partial charge in [-0.2, -0.15) is 0 Å². The molecule has 0 bridgehead atoms. The third-order valence-electron chi connectivity index (χ3n) is 6.82. The van der Waals surface area contributed by atoms with E-state index in [0.717, 1.165) is 10.3 Å². The first-order valence-electron chi connectivity index (χ1n) is 13.2. The molecule has 0 spiro atoms. The molecule has 13 heteroatoms. The Morgan fingerprint density at radius 1 is 1.07 bits per heavy atom. The zero-order chi connectivity index (χ0) is 31.5. The van der Waals surface area contributed by atoms with E-state index in [0.29, 0.717) is 38.9 Å². The van der Waals surface area contributed by atoms with E-state index in [-0.39, 0.29) is 29.9 Å². The van der Waals surface area contributed by atoms with Gasteiger partial charge in [-0.1, -0.05) is 35.3 Å². The molecule has 0 radical (unpaired) electrons. The number of ether oxygens (including phenoxy) is 1. The molecule has 0 atom stereocenters. The number of nitrogens with zero attached hydrogens (tertiary/aromatic N) is 4. The number of hydrogen-bond acceptors (Lipinski definition) is 6. The fourth-order valence-corrected chi connectivity index (χ4v) is 5.41. The molecule has 0 aliphatic carbocycles. The van der Waals surface area contributed by atoms with Gasteiger partial charge in [0.05, 0.1) is 28.6 Å². The first-order valence-corrected chi connectivity index (χ1v) is 14.8. The summed E-state index contributed by atoms with van der Waals surface area (Å²) in [6.45, 7) is 1.65. The van der Waals surface area contributed by atoms with Crippen LogP contribution in [0, 0.1) is 6.92 Å². The summed E-state index contributed by atoms with van der Waals surface area (Å²) in [6, 6.07) is 16.5. The largest absolute Gasteiger partial charge is 0.494 e. The van der Waals surface area contributed by atoms with Crippen molar-refractivity contribution >= 4 is 68.4 Å². The number of aromatic nitrogens is 3. The Labute approximate surface area is 270 Å². The number of fused-ring (bicyclic) bond motifs is 1. The second kappa shape index (κ2) is 13.0. The molecule has 10 nitrogen and oxygen atoms in total. The highest BCUT2D eigenvalue weighted by Gasteiger charge is 2.20. The van der Waals surface area contributed by atoms with E-state index in [4.69, 9.17) is 27.9 Å². The van der Waals surface area contributed by atoms with Gasteiger partial charge in [-0.3, -0.25) is 18.6 Å². The molecule has 0 saturated carbocycles. The molecule has 226 valence electrons. The van der Waals surface area contributed by atoms with Crippen LogP contribution in [0.5, 0.6) is 17.5 Å². The zero-order valence-corrected chi connectivity index (χ0v) is 26.6. The maximum atomic E-state index is 12.9. The van der Waals surface area contributed by atoms with Crippen molar-refractivity contribution in [3.05, 3.63) is 104 Å². The molecule has 0 fully saturated rings. The summed E-state index contributed by atoms with van der Waals surface area (Å²) in [5.41, 5.74) is 3.60. The number of rotatable bonds is 9. The van der Waals surface area contributed by atoms with Gasteiger partial charge in [0.15, 0.2) is 23.2 Å². The van der Waals surface area contributed by atoms with Crippen LogP contribution in [-0.2, 0) is 16.2 Å². The summed E-state index contributed by atoms with van der Waals surface area (Å²) in [7, 11) is 1.55. The quantitative estimate of drug-likeness (QED) is 0.156. The minimum atomic E-state index is -0.470. The average Bonchev–Trinajstić information content (AvgIpc) is 3.51. The summed E-state index contributed by atoms with van der Waals surface area (Å²) in [6.07, 6.45) is 4.75. The SMILES string of the molecule is Cc1nc2c(OCc3c(Cl)ccc(N(C)C(=O)CNC(=O)C=Cc4ccc(-n5c(O)ccc5O)cc4)c3Cl)cccn2c1Br. The third-order valence-corrected chi connectivity index (χ3v) is 8.55. The number of pyridine rings is 1. The fraction of sp³-hybridized carbons (Fsp3) is 0.129. The molecule has 5 aromatic rings. The lowest BCUT2D eigenvalue weighted by Crippen LogP contribution is -2.37. The van der Waals surface area contributed by atoms with E-state index in [9.17, 15) is 19.8 Å². The number of nitrogens with one attached hydrogen (secondary N) is 1. The van der Waals surface area contributed by atoms with Crippen LogP contribution in [0.25, 0.3) is 17.4 Å². The second-order valence-electron chi connectivity index (χ2n) is 9.68. The van der Waals surface area contributed by atoms with E-state index in [1.807, 2.05) is 23.6 Å². The number of amides is 2. The topological polar surface area (TPSA) is 121 Å². The van der Waals surface area contributed by atoms with E-state index >= 15 is 0 Å². The number of anilines is 1. The van der Waals surface area contributed by atoms with Crippen molar-refractivity contribution in [3.8, 4) is 23.2 Å². The lowest BCUT2D eigenvalue weighted by Gasteiger charge is -2.21. The lowest BCUT2D eigenvalue weighted by molar-refractivity contribution is -0.122. The minimum absolute atomic E-state index is 0.0347. The predicted molar refractivity (Wildman–Crippen MR) is 173 cm³/mol. The van der Waals surface area contributed by atoms with Crippen LogP contribution in [0.3, 0.4) is 0 Å². The van der Waals surface area contributed by atoms with Crippen LogP contribution in [0.4, 0.5) is 5.69 Å². The molecule has 3 heterocycles. The number of carbonyl (C=O) groups is 2. The Kier molecular flexibility index (Phi) is 9.19. The molecule has 0 saturated heterocycles. The summed E-state index contributed by atoms with van der Waals surface area (Å²) >= 11 is 16.7. The summed E-state index contributed by atoms with van der Waals surface area (Å²) in [5.74, 6) is -0.536. The van der Waals surface area contributed by atoms with Crippen molar-refractivity contribution in [2.45, 2.75) is 13.5 Å². The highest BCUT2D eigenvalue weighted by Crippen LogP contribution is 2.35. The molecular weight excluding hydrogens is 673 g/mol. The molecule has 0 aliphatic heterocycles. The van der Waals surface area contributed by atoms with Crippen LogP contribution in [-0.4, -0.2) is 49.6 Å². The van der Waals surface area contributed by atoms with Crippen molar-refractivity contribution in [3.63, 3.8) is 0 Å². The van der Waals surface area contributed by atoms with Gasteiger partial charge < -0.3 is 25.2 Å². The van der Waals surface area contributed by atoms with Gasteiger partial charge in [0.1, 0.15) is 11.2 Å². The first kappa shape index (κ1) is 31.0. The van der Waals surface area contributed by atoms with Gasteiger partial charge in [0.25, 0.3) is 0 Å². The van der Waals surface area contributed by atoms with Crippen LogP contribution in [0.15, 0.2) is 77.5 Å². The Morgan fingerprint density at radius 2 is 1.77 bits per heavy atom. The molecule has 0 aliphatic rings. The van der Waals surface area contributed by atoms with Crippen molar-refractivity contribution < 1.29 is 24.5 Å².